The summed E-state index contributed by atoms with van der Waals surface area (Å²) in [4.78, 5) is 76.0. The van der Waals surface area contributed by atoms with Gasteiger partial charge in [-0.3, -0.25) is 39.0 Å². The van der Waals surface area contributed by atoms with Crippen LogP contribution in [0.5, 0.6) is 0 Å². The van der Waals surface area contributed by atoms with Gasteiger partial charge in [0.05, 0.1) is 11.1 Å². The summed E-state index contributed by atoms with van der Waals surface area (Å²) in [7, 11) is 0. The van der Waals surface area contributed by atoms with Gasteiger partial charge in [0, 0.05) is 24.2 Å². The lowest BCUT2D eigenvalue weighted by Gasteiger charge is -2.29. The van der Waals surface area contributed by atoms with E-state index in [1.807, 2.05) is 38.1 Å². The van der Waals surface area contributed by atoms with Crippen molar-refractivity contribution < 1.29 is 28.8 Å². The van der Waals surface area contributed by atoms with Gasteiger partial charge in [-0.2, -0.15) is 0 Å². The molecule has 2 aromatic carbocycles. The number of carbonyl (C=O) groups is 6. The predicted molar refractivity (Wildman–Crippen MR) is 158 cm³/mol. The van der Waals surface area contributed by atoms with Crippen LogP contribution < -0.4 is 10.6 Å². The van der Waals surface area contributed by atoms with E-state index in [1.54, 1.807) is 17.0 Å². The number of imide groups is 2. The van der Waals surface area contributed by atoms with Crippen LogP contribution >= 0.6 is 0 Å². The summed E-state index contributed by atoms with van der Waals surface area (Å²) in [6.45, 7) is 12.3. The summed E-state index contributed by atoms with van der Waals surface area (Å²) in [6, 6.07) is 9.74. The maximum Gasteiger partial charge on any atom is 0.262 e. The second-order valence-corrected chi connectivity index (χ2v) is 12.0. The van der Waals surface area contributed by atoms with Crippen LogP contribution in [0, 0.1) is 0 Å². The van der Waals surface area contributed by atoms with E-state index in [1.165, 1.54) is 0 Å². The molecule has 0 bridgehead atoms. The van der Waals surface area contributed by atoms with Gasteiger partial charge in [0.2, 0.25) is 17.7 Å². The highest BCUT2D eigenvalue weighted by atomic mass is 16.2. The quantitative estimate of drug-likeness (QED) is 0.526. The summed E-state index contributed by atoms with van der Waals surface area (Å²) >= 11 is 0. The molecule has 10 nitrogen and oxygen atoms in total. The lowest BCUT2D eigenvalue weighted by molar-refractivity contribution is -0.137. The monoisotopic (exact) mass is 584 g/mol. The largest absolute Gasteiger partial charge is 0.329 e. The molecule has 43 heavy (non-hydrogen) atoms. The number of benzene rings is 2. The molecule has 6 rings (SSSR count). The first-order valence-electron chi connectivity index (χ1n) is 14.7. The number of hydrogen-bond donors (Lipinski definition) is 2. The molecule has 0 aliphatic carbocycles. The van der Waals surface area contributed by atoms with E-state index >= 15 is 0 Å². The van der Waals surface area contributed by atoms with Gasteiger partial charge in [0.15, 0.2) is 0 Å². The standard InChI is InChI=1S/C17H18N2O3.C16H18N2O3/c1-9(2)11-5-4-6-12-14(11)17(22)19(16(12)21)13-8-7-10(3)18-15(13)20;1-9(2)10-4-3-5-11-12(10)8-18(16(11)21)13-6-7-14(19)17-15(13)20/h4-6,9,13H,3,7-8H2,1-2H3,(H,18,20);3-5,9,13H,6-8H2,1-2H3,(H,17,19,20). The molecule has 0 aromatic heterocycles. The summed E-state index contributed by atoms with van der Waals surface area (Å²) in [5.74, 6) is -1.35. The van der Waals surface area contributed by atoms with Gasteiger partial charge in [-0.1, -0.05) is 58.5 Å². The number of carbonyl (C=O) groups excluding carboxylic acids is 6. The Balaban J connectivity index is 0.000000171. The Bertz CT molecular complexity index is 1570. The SMILES string of the molecule is C=C1CCC(N2C(=O)c3cccc(C(C)C)c3C2=O)C(=O)N1.CC(C)c1cccc2c1CN(C1CCC(=O)NC1=O)C2=O. The number of amides is 6. The number of hydrogen-bond acceptors (Lipinski definition) is 6. The molecule has 4 aliphatic rings. The van der Waals surface area contributed by atoms with E-state index in [9.17, 15) is 28.8 Å². The van der Waals surface area contributed by atoms with Crippen molar-refractivity contribution in [3.8, 4) is 0 Å². The normalized spacial score (nSPS) is 21.6. The average molecular weight is 585 g/mol. The molecule has 0 spiro atoms. The van der Waals surface area contributed by atoms with Gasteiger partial charge in [-0.25, -0.2) is 0 Å². The molecular weight excluding hydrogens is 548 g/mol. The highest BCUT2D eigenvalue weighted by Crippen LogP contribution is 2.34. The molecule has 4 aliphatic heterocycles. The van der Waals surface area contributed by atoms with Crippen molar-refractivity contribution in [2.45, 2.75) is 83.8 Å². The van der Waals surface area contributed by atoms with Crippen molar-refractivity contribution in [3.05, 3.63) is 82.1 Å². The maximum absolute atomic E-state index is 12.8. The molecule has 224 valence electrons. The second-order valence-electron chi connectivity index (χ2n) is 12.0. The van der Waals surface area contributed by atoms with Gasteiger partial charge in [-0.05, 0) is 59.9 Å². The van der Waals surface area contributed by atoms with Gasteiger partial charge in [0.25, 0.3) is 17.7 Å². The molecule has 0 saturated carbocycles. The van der Waals surface area contributed by atoms with E-state index < -0.39 is 12.1 Å². The third kappa shape index (κ3) is 5.37. The van der Waals surface area contributed by atoms with Crippen molar-refractivity contribution in [1.29, 1.82) is 0 Å². The first kappa shape index (κ1) is 29.9. The molecule has 6 amide bonds. The van der Waals surface area contributed by atoms with Crippen LogP contribution in [0.3, 0.4) is 0 Å². The van der Waals surface area contributed by atoms with Crippen molar-refractivity contribution in [1.82, 2.24) is 20.4 Å². The number of fused-ring (bicyclic) bond motifs is 2. The van der Waals surface area contributed by atoms with Crippen LogP contribution in [0.15, 0.2) is 48.7 Å². The van der Waals surface area contributed by atoms with Crippen LogP contribution in [0.2, 0.25) is 0 Å². The smallest absolute Gasteiger partial charge is 0.262 e. The molecule has 10 heteroatoms. The lowest BCUT2D eigenvalue weighted by atomic mass is 9.94. The predicted octanol–water partition coefficient (Wildman–Crippen LogP) is 3.77. The van der Waals surface area contributed by atoms with Gasteiger partial charge in [-0.15, -0.1) is 0 Å². The minimum atomic E-state index is -0.752. The zero-order chi connectivity index (χ0) is 31.2. The minimum Gasteiger partial charge on any atom is -0.329 e. The molecule has 4 heterocycles. The van der Waals surface area contributed by atoms with Gasteiger partial charge >= 0.3 is 0 Å². The summed E-state index contributed by atoms with van der Waals surface area (Å²) in [5.41, 5.74) is 5.16. The zero-order valence-electron chi connectivity index (χ0n) is 24.9. The van der Waals surface area contributed by atoms with Crippen molar-refractivity contribution in [2.75, 3.05) is 0 Å². The summed E-state index contributed by atoms with van der Waals surface area (Å²) in [5, 5.41) is 4.95. The van der Waals surface area contributed by atoms with Crippen molar-refractivity contribution in [2.24, 2.45) is 0 Å². The van der Waals surface area contributed by atoms with Crippen molar-refractivity contribution >= 4 is 35.4 Å². The Labute approximate surface area is 250 Å². The van der Waals surface area contributed by atoms with E-state index in [2.05, 4.69) is 31.1 Å². The lowest BCUT2D eigenvalue weighted by Crippen LogP contribution is -2.52. The summed E-state index contributed by atoms with van der Waals surface area (Å²) in [6.07, 6.45) is 1.68. The number of allylic oxidation sites excluding steroid dienone is 1. The Morgan fingerprint density at radius 3 is 1.95 bits per heavy atom. The molecular formula is C33H36N4O6. The molecule has 2 N–H and O–H groups in total. The molecule has 2 aromatic rings. The fourth-order valence-corrected chi connectivity index (χ4v) is 6.25. The highest BCUT2D eigenvalue weighted by Gasteiger charge is 2.45. The fraction of sp³-hybridized carbons (Fsp3) is 0.394. The maximum atomic E-state index is 12.8. The topological polar surface area (TPSA) is 133 Å². The average Bonchev–Trinajstić information content (AvgIpc) is 3.42. The molecule has 2 unspecified atom stereocenters. The van der Waals surface area contributed by atoms with Gasteiger partial charge in [0.1, 0.15) is 12.1 Å². The van der Waals surface area contributed by atoms with E-state index in [-0.39, 0.29) is 47.8 Å². The van der Waals surface area contributed by atoms with E-state index in [4.69, 9.17) is 0 Å². The molecule has 2 fully saturated rings. The summed E-state index contributed by atoms with van der Waals surface area (Å²) < 4.78 is 0. The van der Waals surface area contributed by atoms with Crippen LogP contribution in [0.4, 0.5) is 0 Å². The van der Waals surface area contributed by atoms with E-state index in [0.29, 0.717) is 54.1 Å². The Kier molecular flexibility index (Phi) is 8.05. The van der Waals surface area contributed by atoms with E-state index in [0.717, 1.165) is 21.6 Å². The Morgan fingerprint density at radius 1 is 0.721 bits per heavy atom. The first-order valence-corrected chi connectivity index (χ1v) is 14.7. The van der Waals surface area contributed by atoms with Crippen LogP contribution in [0.1, 0.15) is 113 Å². The Morgan fingerprint density at radius 2 is 1.33 bits per heavy atom. The highest BCUT2D eigenvalue weighted by molar-refractivity contribution is 6.23. The zero-order valence-corrected chi connectivity index (χ0v) is 24.9. The number of piperidine rings is 2. The number of nitrogens with one attached hydrogen (secondary N) is 2. The number of nitrogens with zero attached hydrogens (tertiary/aromatic N) is 2. The van der Waals surface area contributed by atoms with Crippen LogP contribution in [-0.4, -0.2) is 57.3 Å². The number of rotatable bonds is 4. The molecule has 2 atom stereocenters. The third-order valence-electron chi connectivity index (χ3n) is 8.47. The second kappa shape index (κ2) is 11.6. The third-order valence-corrected chi connectivity index (χ3v) is 8.47. The first-order chi connectivity index (χ1) is 20.4. The van der Waals surface area contributed by atoms with Crippen LogP contribution in [0.25, 0.3) is 0 Å². The van der Waals surface area contributed by atoms with Crippen molar-refractivity contribution in [3.63, 3.8) is 0 Å². The fourth-order valence-electron chi connectivity index (χ4n) is 6.25. The molecule has 0 radical (unpaired) electrons. The minimum absolute atomic E-state index is 0.109. The van der Waals surface area contributed by atoms with Gasteiger partial charge < -0.3 is 10.2 Å². The Hall–Kier alpha value is -4.60. The van der Waals surface area contributed by atoms with Crippen LogP contribution in [-0.2, 0) is 20.9 Å². The molecule has 2 saturated heterocycles.